The van der Waals surface area contributed by atoms with E-state index >= 15 is 0 Å². The Morgan fingerprint density at radius 1 is 1.08 bits per heavy atom. The maximum Gasteiger partial charge on any atom is 0.316 e. The number of thiophene rings is 1. The number of nitrogens with zero attached hydrogens (tertiary/aromatic N) is 2. The first-order valence-corrected chi connectivity index (χ1v) is 8.70. The average molecular weight is 344 g/mol. The number of piperazine rings is 1. The van der Waals surface area contributed by atoms with Crippen molar-refractivity contribution in [2.45, 2.75) is 6.54 Å². The lowest BCUT2D eigenvalue weighted by Crippen LogP contribution is -2.48. The summed E-state index contributed by atoms with van der Waals surface area (Å²) >= 11 is 1.76. The first kappa shape index (κ1) is 16.5. The Hall–Kier alpha value is -2.38. The second-order valence-electron chi connectivity index (χ2n) is 5.71. The van der Waals surface area contributed by atoms with E-state index in [1.807, 2.05) is 4.90 Å². The molecule has 3 N–H and O–H groups in total. The first-order chi connectivity index (χ1) is 11.6. The maximum absolute atomic E-state index is 12.6. The van der Waals surface area contributed by atoms with Crippen LogP contribution in [0.15, 0.2) is 41.8 Å². The molecule has 0 spiro atoms. The van der Waals surface area contributed by atoms with Gasteiger partial charge in [0.15, 0.2) is 0 Å². The molecule has 0 unspecified atom stereocenters. The van der Waals surface area contributed by atoms with Gasteiger partial charge in [0.2, 0.25) is 0 Å². The monoisotopic (exact) mass is 344 g/mol. The Labute approximate surface area is 144 Å². The third kappa shape index (κ3) is 4.12. The molecule has 2 heterocycles. The van der Waals surface area contributed by atoms with E-state index in [0.717, 1.165) is 32.7 Å². The van der Waals surface area contributed by atoms with Crippen LogP contribution < -0.4 is 11.1 Å². The van der Waals surface area contributed by atoms with Gasteiger partial charge in [0, 0.05) is 48.9 Å². The number of nitrogens with two attached hydrogens (primary N) is 1. The molecule has 1 aliphatic rings. The van der Waals surface area contributed by atoms with Crippen LogP contribution in [0.4, 0.5) is 10.5 Å². The highest BCUT2D eigenvalue weighted by Crippen LogP contribution is 2.16. The molecule has 0 aliphatic carbocycles. The van der Waals surface area contributed by atoms with E-state index < -0.39 is 6.03 Å². The summed E-state index contributed by atoms with van der Waals surface area (Å²) in [6.07, 6.45) is 0. The first-order valence-electron chi connectivity index (χ1n) is 7.82. The summed E-state index contributed by atoms with van der Waals surface area (Å²) in [4.78, 5) is 29.0. The standard InChI is InChI=1S/C17H20N4O2S/c18-17(23)19-14-5-3-13(4-6-14)16(22)21-9-7-20(8-10-21)12-15-2-1-11-24-15/h1-6,11H,7-10,12H2,(H3,18,19,23). The van der Waals surface area contributed by atoms with Crippen molar-refractivity contribution in [2.75, 3.05) is 31.5 Å². The van der Waals surface area contributed by atoms with Gasteiger partial charge in [0.25, 0.3) is 5.91 Å². The second kappa shape index (κ2) is 7.46. The van der Waals surface area contributed by atoms with Crippen molar-refractivity contribution in [3.8, 4) is 0 Å². The fourth-order valence-electron chi connectivity index (χ4n) is 2.75. The molecule has 0 saturated carbocycles. The number of anilines is 1. The van der Waals surface area contributed by atoms with Crippen LogP contribution in [0.2, 0.25) is 0 Å². The Morgan fingerprint density at radius 3 is 2.38 bits per heavy atom. The van der Waals surface area contributed by atoms with Crippen LogP contribution in [0.25, 0.3) is 0 Å². The Kier molecular flexibility index (Phi) is 5.12. The third-order valence-electron chi connectivity index (χ3n) is 4.02. The molecule has 1 aliphatic heterocycles. The maximum atomic E-state index is 12.6. The van der Waals surface area contributed by atoms with Crippen molar-refractivity contribution in [1.82, 2.24) is 9.80 Å². The number of nitrogens with one attached hydrogen (secondary N) is 1. The van der Waals surface area contributed by atoms with E-state index in [1.165, 1.54) is 4.88 Å². The van der Waals surface area contributed by atoms with Crippen LogP contribution in [0.5, 0.6) is 0 Å². The lowest BCUT2D eigenvalue weighted by Gasteiger charge is -2.34. The highest BCUT2D eigenvalue weighted by atomic mass is 32.1. The van der Waals surface area contributed by atoms with Crippen molar-refractivity contribution in [2.24, 2.45) is 5.73 Å². The van der Waals surface area contributed by atoms with Crippen LogP contribution in [-0.4, -0.2) is 47.9 Å². The number of hydrogen-bond acceptors (Lipinski definition) is 4. The fourth-order valence-corrected chi connectivity index (χ4v) is 3.50. The molecule has 24 heavy (non-hydrogen) atoms. The average Bonchev–Trinajstić information content (AvgIpc) is 3.08. The number of urea groups is 1. The largest absolute Gasteiger partial charge is 0.351 e. The predicted octanol–water partition coefficient (Wildman–Crippen LogP) is 2.20. The van der Waals surface area contributed by atoms with Crippen LogP contribution in [0.3, 0.4) is 0 Å². The molecule has 1 aromatic carbocycles. The number of benzene rings is 1. The summed E-state index contributed by atoms with van der Waals surface area (Å²) in [5, 5.41) is 4.57. The van der Waals surface area contributed by atoms with E-state index in [4.69, 9.17) is 5.73 Å². The molecule has 7 heteroatoms. The predicted molar refractivity (Wildman–Crippen MR) is 95.1 cm³/mol. The van der Waals surface area contributed by atoms with E-state index in [9.17, 15) is 9.59 Å². The minimum absolute atomic E-state index is 0.0244. The van der Waals surface area contributed by atoms with Gasteiger partial charge in [0.1, 0.15) is 0 Å². The van der Waals surface area contributed by atoms with E-state index in [1.54, 1.807) is 35.6 Å². The van der Waals surface area contributed by atoms with Crippen molar-refractivity contribution in [1.29, 1.82) is 0 Å². The SMILES string of the molecule is NC(=O)Nc1ccc(C(=O)N2CCN(Cc3cccs3)CC2)cc1. The van der Waals surface area contributed by atoms with Crippen LogP contribution in [0, 0.1) is 0 Å². The van der Waals surface area contributed by atoms with E-state index in [2.05, 4.69) is 27.7 Å². The Morgan fingerprint density at radius 2 is 1.79 bits per heavy atom. The molecule has 126 valence electrons. The van der Waals surface area contributed by atoms with Gasteiger partial charge in [-0.1, -0.05) is 6.07 Å². The van der Waals surface area contributed by atoms with Gasteiger partial charge in [-0.25, -0.2) is 4.79 Å². The zero-order chi connectivity index (χ0) is 16.9. The Balaban J connectivity index is 1.54. The molecule has 1 fully saturated rings. The normalized spacial score (nSPS) is 15.2. The molecule has 0 radical (unpaired) electrons. The molecule has 1 aromatic heterocycles. The zero-order valence-electron chi connectivity index (χ0n) is 13.3. The van der Waals surface area contributed by atoms with Crippen LogP contribution in [-0.2, 0) is 6.54 Å². The summed E-state index contributed by atoms with van der Waals surface area (Å²) in [7, 11) is 0. The molecule has 6 nitrogen and oxygen atoms in total. The third-order valence-corrected chi connectivity index (χ3v) is 4.88. The topological polar surface area (TPSA) is 78.7 Å². The molecule has 1 saturated heterocycles. The minimum atomic E-state index is -0.615. The smallest absolute Gasteiger partial charge is 0.316 e. The number of primary amides is 1. The highest BCUT2D eigenvalue weighted by molar-refractivity contribution is 7.09. The van der Waals surface area contributed by atoms with Gasteiger partial charge < -0.3 is 16.0 Å². The summed E-state index contributed by atoms with van der Waals surface area (Å²) in [6.45, 7) is 4.17. The van der Waals surface area contributed by atoms with Crippen molar-refractivity contribution >= 4 is 29.0 Å². The highest BCUT2D eigenvalue weighted by Gasteiger charge is 2.22. The molecular weight excluding hydrogens is 324 g/mol. The van der Waals surface area contributed by atoms with E-state index in [0.29, 0.717) is 11.3 Å². The van der Waals surface area contributed by atoms with Crippen LogP contribution in [0.1, 0.15) is 15.2 Å². The molecule has 2 aromatic rings. The van der Waals surface area contributed by atoms with Crippen molar-refractivity contribution in [3.05, 3.63) is 52.2 Å². The second-order valence-corrected chi connectivity index (χ2v) is 6.75. The number of hydrogen-bond donors (Lipinski definition) is 2. The summed E-state index contributed by atoms with van der Waals surface area (Å²) in [5.41, 5.74) is 6.28. The molecular formula is C17H20N4O2S. The number of carbonyl (C=O) groups is 2. The van der Waals surface area contributed by atoms with Gasteiger partial charge in [-0.05, 0) is 35.7 Å². The van der Waals surface area contributed by atoms with E-state index in [-0.39, 0.29) is 5.91 Å². The minimum Gasteiger partial charge on any atom is -0.351 e. The van der Waals surface area contributed by atoms with Gasteiger partial charge in [-0.15, -0.1) is 11.3 Å². The summed E-state index contributed by atoms with van der Waals surface area (Å²) < 4.78 is 0. The van der Waals surface area contributed by atoms with Crippen molar-refractivity contribution < 1.29 is 9.59 Å². The Bertz CT molecular complexity index is 692. The number of rotatable bonds is 4. The number of carbonyl (C=O) groups excluding carboxylic acids is 2. The lowest BCUT2D eigenvalue weighted by atomic mass is 10.1. The molecule has 3 rings (SSSR count). The molecule has 0 atom stereocenters. The summed E-state index contributed by atoms with van der Waals surface area (Å²) in [5.74, 6) is 0.0244. The summed E-state index contributed by atoms with van der Waals surface area (Å²) in [6, 6.07) is 10.4. The zero-order valence-corrected chi connectivity index (χ0v) is 14.1. The lowest BCUT2D eigenvalue weighted by molar-refractivity contribution is 0.0629. The fraction of sp³-hybridized carbons (Fsp3) is 0.294. The molecule has 3 amide bonds. The van der Waals surface area contributed by atoms with Gasteiger partial charge in [-0.2, -0.15) is 0 Å². The van der Waals surface area contributed by atoms with Gasteiger partial charge in [0.05, 0.1) is 0 Å². The number of amides is 3. The van der Waals surface area contributed by atoms with Gasteiger partial charge in [-0.3, -0.25) is 9.69 Å². The van der Waals surface area contributed by atoms with Crippen molar-refractivity contribution in [3.63, 3.8) is 0 Å². The quantitative estimate of drug-likeness (QED) is 0.892. The van der Waals surface area contributed by atoms with Crippen LogP contribution >= 0.6 is 11.3 Å². The molecule has 0 bridgehead atoms. The van der Waals surface area contributed by atoms with Gasteiger partial charge >= 0.3 is 6.03 Å².